The first kappa shape index (κ1) is 29.4. The van der Waals surface area contributed by atoms with Crippen LogP contribution in [0.4, 0.5) is 0 Å². The van der Waals surface area contributed by atoms with Crippen LogP contribution >= 0.6 is 11.3 Å². The first-order valence-corrected chi connectivity index (χ1v) is 14.5. The molecule has 0 saturated carbocycles. The number of carbonyl (C=O) groups excluding carboxylic acids is 1. The highest BCUT2D eigenvalue weighted by molar-refractivity contribution is 7.07. The first-order chi connectivity index (χ1) is 21.0. The lowest BCUT2D eigenvalue weighted by molar-refractivity contribution is -0.136. The SMILES string of the molecule is CCOc1ccc([C@@H]2C(C(=O)OC)=CN=c3s/c(=C/c4cccc(OCc5ccccc5C#N)c4)c(=O)n32)cc1OCC. The standard InChI is InChI=1S/C33H29N3O6S/c1-4-40-27-14-13-22(17-28(27)41-5-2)30-26(32(38)39-3)19-35-33-36(30)31(37)29(43-33)16-21-9-8-12-25(15-21)42-20-24-11-7-6-10-23(24)18-34/h6-17,19,30H,4-5,20H2,1-3H3/b29-16+/t30-/m1/s1. The second-order valence-electron chi connectivity index (χ2n) is 9.38. The molecule has 10 heteroatoms. The van der Waals surface area contributed by atoms with E-state index < -0.39 is 12.0 Å². The van der Waals surface area contributed by atoms with Crippen molar-refractivity contribution in [1.29, 1.82) is 5.26 Å². The van der Waals surface area contributed by atoms with Crippen LogP contribution in [0.2, 0.25) is 0 Å². The average molecular weight is 596 g/mol. The third-order valence-corrected chi connectivity index (χ3v) is 7.69. The lowest BCUT2D eigenvalue weighted by Crippen LogP contribution is -2.39. The van der Waals surface area contributed by atoms with Gasteiger partial charge in [-0.2, -0.15) is 5.26 Å². The van der Waals surface area contributed by atoms with Crippen LogP contribution in [0.1, 0.15) is 42.1 Å². The first-order valence-electron chi connectivity index (χ1n) is 13.7. The van der Waals surface area contributed by atoms with Crippen molar-refractivity contribution in [2.45, 2.75) is 26.5 Å². The van der Waals surface area contributed by atoms with Gasteiger partial charge in [-0.05, 0) is 61.4 Å². The van der Waals surface area contributed by atoms with Gasteiger partial charge in [-0.3, -0.25) is 9.36 Å². The minimum absolute atomic E-state index is 0.223. The van der Waals surface area contributed by atoms with Crippen molar-refractivity contribution in [1.82, 2.24) is 4.57 Å². The van der Waals surface area contributed by atoms with Gasteiger partial charge in [0.25, 0.3) is 5.56 Å². The predicted octanol–water partition coefficient (Wildman–Crippen LogP) is 4.27. The van der Waals surface area contributed by atoms with Gasteiger partial charge in [0, 0.05) is 11.8 Å². The van der Waals surface area contributed by atoms with Gasteiger partial charge in [0.15, 0.2) is 16.3 Å². The summed E-state index contributed by atoms with van der Waals surface area (Å²) in [6.45, 7) is 4.87. The molecule has 1 aliphatic heterocycles. The summed E-state index contributed by atoms with van der Waals surface area (Å²) in [6, 6.07) is 21.4. The molecule has 0 N–H and O–H groups in total. The van der Waals surface area contributed by atoms with Crippen LogP contribution in [0.5, 0.6) is 17.2 Å². The molecule has 4 aromatic rings. The molecular formula is C33H29N3O6S. The van der Waals surface area contributed by atoms with Gasteiger partial charge in [-0.15, -0.1) is 0 Å². The molecule has 1 atom stereocenters. The second-order valence-corrected chi connectivity index (χ2v) is 10.4. The fourth-order valence-corrected chi connectivity index (χ4v) is 5.72. The highest BCUT2D eigenvalue weighted by Crippen LogP contribution is 2.35. The fraction of sp³-hybridized carbons (Fsp3) is 0.212. The number of nitriles is 1. The summed E-state index contributed by atoms with van der Waals surface area (Å²) in [5.41, 5.74) is 2.66. The number of ether oxygens (including phenoxy) is 4. The zero-order valence-corrected chi connectivity index (χ0v) is 24.7. The van der Waals surface area contributed by atoms with Gasteiger partial charge >= 0.3 is 5.97 Å². The van der Waals surface area contributed by atoms with Crippen LogP contribution in [0.3, 0.4) is 0 Å². The molecule has 9 nitrogen and oxygen atoms in total. The van der Waals surface area contributed by atoms with Gasteiger partial charge in [0.2, 0.25) is 0 Å². The van der Waals surface area contributed by atoms with E-state index in [1.54, 1.807) is 24.3 Å². The summed E-state index contributed by atoms with van der Waals surface area (Å²) in [6.07, 6.45) is 3.22. The smallest absolute Gasteiger partial charge is 0.337 e. The summed E-state index contributed by atoms with van der Waals surface area (Å²) >= 11 is 1.22. The highest BCUT2D eigenvalue weighted by Gasteiger charge is 2.31. The number of carbonyl (C=O) groups is 1. The molecule has 43 heavy (non-hydrogen) atoms. The Labute approximate surface area is 252 Å². The molecule has 1 aromatic heterocycles. The molecule has 3 aromatic carbocycles. The summed E-state index contributed by atoms with van der Waals surface area (Å²) < 4.78 is 24.5. The van der Waals surface area contributed by atoms with E-state index in [1.165, 1.54) is 29.2 Å². The lowest BCUT2D eigenvalue weighted by Gasteiger charge is -2.23. The van der Waals surface area contributed by atoms with Gasteiger partial charge in [0.1, 0.15) is 12.4 Å². The summed E-state index contributed by atoms with van der Waals surface area (Å²) in [4.78, 5) is 31.6. The Kier molecular flexibility index (Phi) is 9.03. The molecule has 2 heterocycles. The van der Waals surface area contributed by atoms with Crippen molar-refractivity contribution in [2.24, 2.45) is 4.99 Å². The second kappa shape index (κ2) is 13.2. The largest absolute Gasteiger partial charge is 0.490 e. The topological polar surface area (TPSA) is 112 Å². The minimum Gasteiger partial charge on any atom is -0.490 e. The number of nitrogens with zero attached hydrogens (tertiary/aromatic N) is 3. The molecule has 0 spiro atoms. The summed E-state index contributed by atoms with van der Waals surface area (Å²) in [7, 11) is 1.29. The van der Waals surface area contributed by atoms with E-state index in [9.17, 15) is 14.9 Å². The number of rotatable bonds is 10. The quantitative estimate of drug-likeness (QED) is 0.252. The van der Waals surface area contributed by atoms with Crippen LogP contribution in [-0.2, 0) is 16.1 Å². The molecule has 1 aliphatic rings. The van der Waals surface area contributed by atoms with Crippen molar-refractivity contribution in [3.8, 4) is 23.3 Å². The van der Waals surface area contributed by atoms with Crippen LogP contribution in [0.25, 0.3) is 6.08 Å². The number of benzene rings is 3. The molecule has 0 saturated heterocycles. The fourth-order valence-electron chi connectivity index (χ4n) is 4.75. The van der Waals surface area contributed by atoms with E-state index in [0.717, 1.165) is 11.1 Å². The van der Waals surface area contributed by atoms with Crippen molar-refractivity contribution in [2.75, 3.05) is 20.3 Å². The van der Waals surface area contributed by atoms with E-state index in [-0.39, 0.29) is 17.7 Å². The third kappa shape index (κ3) is 6.22. The maximum atomic E-state index is 13.9. The van der Waals surface area contributed by atoms with Crippen molar-refractivity contribution in [3.05, 3.63) is 120 Å². The monoisotopic (exact) mass is 595 g/mol. The Morgan fingerprint density at radius 1 is 1.02 bits per heavy atom. The lowest BCUT2D eigenvalue weighted by atomic mass is 9.97. The predicted molar refractivity (Wildman–Crippen MR) is 162 cm³/mol. The number of hydrogen-bond donors (Lipinski definition) is 0. The Bertz CT molecular complexity index is 1920. The molecule has 0 aliphatic carbocycles. The Morgan fingerprint density at radius 3 is 2.58 bits per heavy atom. The molecule has 5 rings (SSSR count). The molecule has 0 amide bonds. The number of methoxy groups -OCH3 is 1. The van der Waals surface area contributed by atoms with E-state index in [2.05, 4.69) is 11.1 Å². The average Bonchev–Trinajstić information content (AvgIpc) is 3.35. The van der Waals surface area contributed by atoms with E-state index in [0.29, 0.717) is 50.9 Å². The van der Waals surface area contributed by atoms with Gasteiger partial charge in [-0.25, -0.2) is 9.79 Å². The Hall–Kier alpha value is -5.14. The summed E-state index contributed by atoms with van der Waals surface area (Å²) in [5, 5.41) is 9.35. The normalized spacial score (nSPS) is 14.1. The van der Waals surface area contributed by atoms with Gasteiger partial charge in [-0.1, -0.05) is 47.7 Å². The van der Waals surface area contributed by atoms with E-state index >= 15 is 0 Å². The maximum absolute atomic E-state index is 13.9. The number of aromatic nitrogens is 1. The molecule has 0 fully saturated rings. The molecule has 0 unspecified atom stereocenters. The highest BCUT2D eigenvalue weighted by atomic mass is 32.1. The van der Waals surface area contributed by atoms with Gasteiger partial charge < -0.3 is 18.9 Å². The van der Waals surface area contributed by atoms with Crippen LogP contribution in [0.15, 0.2) is 88.3 Å². The number of hydrogen-bond acceptors (Lipinski definition) is 9. The van der Waals surface area contributed by atoms with Gasteiger partial charge in [0.05, 0.1) is 48.1 Å². The number of thiazole rings is 1. The Morgan fingerprint density at radius 2 is 1.81 bits per heavy atom. The van der Waals surface area contributed by atoms with Crippen LogP contribution < -0.4 is 29.1 Å². The van der Waals surface area contributed by atoms with E-state index in [4.69, 9.17) is 18.9 Å². The zero-order chi connectivity index (χ0) is 30.3. The third-order valence-electron chi connectivity index (χ3n) is 6.70. The molecule has 0 bridgehead atoms. The summed E-state index contributed by atoms with van der Waals surface area (Å²) in [5.74, 6) is 1.09. The number of fused-ring (bicyclic) bond motifs is 1. The molecule has 218 valence electrons. The van der Waals surface area contributed by atoms with Crippen molar-refractivity contribution >= 4 is 23.4 Å². The maximum Gasteiger partial charge on any atom is 0.337 e. The van der Waals surface area contributed by atoms with Crippen molar-refractivity contribution in [3.63, 3.8) is 0 Å². The number of esters is 1. The zero-order valence-electron chi connectivity index (χ0n) is 23.9. The molecule has 0 radical (unpaired) electrons. The molecular weight excluding hydrogens is 566 g/mol. The minimum atomic E-state index is -0.782. The Balaban J connectivity index is 1.53. The van der Waals surface area contributed by atoms with Crippen LogP contribution in [-0.4, -0.2) is 30.9 Å². The van der Waals surface area contributed by atoms with E-state index in [1.807, 2.05) is 62.4 Å². The van der Waals surface area contributed by atoms with Crippen LogP contribution in [0, 0.1) is 11.3 Å². The van der Waals surface area contributed by atoms with Crippen molar-refractivity contribution < 1.29 is 23.7 Å².